The van der Waals surface area contributed by atoms with Crippen molar-refractivity contribution in [1.82, 2.24) is 9.78 Å². The summed E-state index contributed by atoms with van der Waals surface area (Å²) in [4.78, 5) is 22.5. The van der Waals surface area contributed by atoms with Crippen LogP contribution in [-0.4, -0.2) is 29.1 Å². The molecule has 1 aromatic carbocycles. The van der Waals surface area contributed by atoms with Crippen LogP contribution in [0.15, 0.2) is 24.4 Å². The van der Waals surface area contributed by atoms with E-state index in [0.29, 0.717) is 23.4 Å². The predicted molar refractivity (Wildman–Crippen MR) is 74.0 cm³/mol. The van der Waals surface area contributed by atoms with Crippen molar-refractivity contribution in [2.45, 2.75) is 20.4 Å². The Morgan fingerprint density at radius 3 is 2.75 bits per heavy atom. The molecular weight excluding hydrogens is 256 g/mol. The molecule has 0 saturated heterocycles. The van der Waals surface area contributed by atoms with Gasteiger partial charge in [-0.05, 0) is 31.0 Å². The number of ether oxygens (including phenoxy) is 1. The standard InChI is InChI=1S/C15H16N2O3/c1-10-4-5-12(6-14(10)15(19)20-3)7-17-8-13(9-18)11(2)16-17/h4-6,8-9H,7H2,1-3H3. The van der Waals surface area contributed by atoms with Crippen LogP contribution in [0.2, 0.25) is 0 Å². The van der Waals surface area contributed by atoms with E-state index in [4.69, 9.17) is 4.74 Å². The van der Waals surface area contributed by atoms with Crippen molar-refractivity contribution in [3.63, 3.8) is 0 Å². The maximum Gasteiger partial charge on any atom is 0.338 e. The Hall–Kier alpha value is -2.43. The molecular formula is C15H16N2O3. The number of aromatic nitrogens is 2. The number of carbonyl (C=O) groups excluding carboxylic acids is 2. The molecule has 0 atom stereocenters. The van der Waals surface area contributed by atoms with Crippen LogP contribution < -0.4 is 0 Å². The molecule has 20 heavy (non-hydrogen) atoms. The molecule has 104 valence electrons. The lowest BCUT2D eigenvalue weighted by molar-refractivity contribution is 0.0599. The van der Waals surface area contributed by atoms with Crippen LogP contribution in [0, 0.1) is 13.8 Å². The molecule has 2 aromatic rings. The van der Waals surface area contributed by atoms with Crippen LogP contribution in [-0.2, 0) is 11.3 Å². The van der Waals surface area contributed by atoms with Gasteiger partial charge < -0.3 is 4.74 Å². The van der Waals surface area contributed by atoms with Crippen LogP contribution in [0.1, 0.15) is 37.5 Å². The number of hydrogen-bond acceptors (Lipinski definition) is 4. The van der Waals surface area contributed by atoms with Crippen molar-refractivity contribution in [3.8, 4) is 0 Å². The van der Waals surface area contributed by atoms with Crippen LogP contribution in [0.4, 0.5) is 0 Å². The maximum absolute atomic E-state index is 11.7. The fraction of sp³-hybridized carbons (Fsp3) is 0.267. The first-order chi connectivity index (χ1) is 9.55. The topological polar surface area (TPSA) is 61.2 Å². The third-order valence-corrected chi connectivity index (χ3v) is 3.16. The first-order valence-corrected chi connectivity index (χ1v) is 6.22. The molecule has 0 spiro atoms. The zero-order chi connectivity index (χ0) is 14.7. The number of aldehydes is 1. The van der Waals surface area contributed by atoms with Gasteiger partial charge in [-0.25, -0.2) is 4.79 Å². The summed E-state index contributed by atoms with van der Waals surface area (Å²) in [7, 11) is 1.36. The van der Waals surface area contributed by atoms with E-state index in [1.165, 1.54) is 7.11 Å². The summed E-state index contributed by atoms with van der Waals surface area (Å²) >= 11 is 0. The molecule has 0 aliphatic rings. The molecule has 1 aromatic heterocycles. The van der Waals surface area contributed by atoms with Crippen LogP contribution in [0.5, 0.6) is 0 Å². The summed E-state index contributed by atoms with van der Waals surface area (Å²) in [5.41, 5.74) is 3.61. The summed E-state index contributed by atoms with van der Waals surface area (Å²) < 4.78 is 6.44. The molecule has 0 radical (unpaired) electrons. The smallest absolute Gasteiger partial charge is 0.338 e. The van der Waals surface area contributed by atoms with Crippen molar-refractivity contribution in [2.24, 2.45) is 0 Å². The maximum atomic E-state index is 11.7. The molecule has 0 bridgehead atoms. The summed E-state index contributed by atoms with van der Waals surface area (Å²) in [6.07, 6.45) is 2.48. The average Bonchev–Trinajstić information content (AvgIpc) is 2.80. The molecule has 0 unspecified atom stereocenters. The molecule has 2 rings (SSSR count). The minimum Gasteiger partial charge on any atom is -0.465 e. The van der Waals surface area contributed by atoms with Crippen molar-refractivity contribution < 1.29 is 14.3 Å². The summed E-state index contributed by atoms with van der Waals surface area (Å²) in [5, 5.41) is 4.26. The highest BCUT2D eigenvalue weighted by atomic mass is 16.5. The molecule has 0 aliphatic heterocycles. The molecule has 0 aliphatic carbocycles. The lowest BCUT2D eigenvalue weighted by Crippen LogP contribution is -2.07. The molecule has 5 heteroatoms. The van der Waals surface area contributed by atoms with E-state index in [0.717, 1.165) is 17.4 Å². The number of esters is 1. The SMILES string of the molecule is COC(=O)c1cc(Cn2cc(C=O)c(C)n2)ccc1C. The Kier molecular flexibility index (Phi) is 3.98. The largest absolute Gasteiger partial charge is 0.465 e. The molecule has 0 saturated carbocycles. The van der Waals surface area contributed by atoms with E-state index in [2.05, 4.69) is 5.10 Å². The van der Waals surface area contributed by atoms with E-state index < -0.39 is 0 Å². The minimum absolute atomic E-state index is 0.352. The van der Waals surface area contributed by atoms with E-state index >= 15 is 0 Å². The number of rotatable bonds is 4. The molecule has 0 fully saturated rings. The summed E-state index contributed by atoms with van der Waals surface area (Å²) in [5.74, 6) is -0.352. The van der Waals surface area contributed by atoms with E-state index in [1.54, 1.807) is 23.9 Å². The zero-order valence-electron chi connectivity index (χ0n) is 11.7. The summed E-state index contributed by atoms with van der Waals surface area (Å²) in [6, 6.07) is 5.59. The Balaban J connectivity index is 2.29. The first kappa shape index (κ1) is 14.0. The number of aryl methyl sites for hydroxylation is 2. The number of methoxy groups -OCH3 is 1. The van der Waals surface area contributed by atoms with Gasteiger partial charge in [-0.2, -0.15) is 5.10 Å². The van der Waals surface area contributed by atoms with Gasteiger partial charge in [0.2, 0.25) is 0 Å². The van der Waals surface area contributed by atoms with Gasteiger partial charge in [0.15, 0.2) is 6.29 Å². The number of carbonyl (C=O) groups is 2. The van der Waals surface area contributed by atoms with Gasteiger partial charge in [-0.3, -0.25) is 9.48 Å². The molecule has 5 nitrogen and oxygen atoms in total. The van der Waals surface area contributed by atoms with Crippen molar-refractivity contribution in [3.05, 3.63) is 52.3 Å². The van der Waals surface area contributed by atoms with Gasteiger partial charge in [0.25, 0.3) is 0 Å². The van der Waals surface area contributed by atoms with Gasteiger partial charge in [0.05, 0.1) is 30.5 Å². The van der Waals surface area contributed by atoms with Gasteiger partial charge in [0, 0.05) is 6.20 Å². The van der Waals surface area contributed by atoms with Gasteiger partial charge in [-0.15, -0.1) is 0 Å². The second kappa shape index (κ2) is 5.69. The van der Waals surface area contributed by atoms with Gasteiger partial charge in [0.1, 0.15) is 0 Å². The Labute approximate surface area is 117 Å². The monoisotopic (exact) mass is 272 g/mol. The van der Waals surface area contributed by atoms with Crippen LogP contribution >= 0.6 is 0 Å². The molecule has 0 amide bonds. The highest BCUT2D eigenvalue weighted by molar-refractivity contribution is 5.91. The molecule has 1 heterocycles. The quantitative estimate of drug-likeness (QED) is 0.632. The second-order valence-electron chi connectivity index (χ2n) is 4.63. The summed E-state index contributed by atoms with van der Waals surface area (Å²) in [6.45, 7) is 4.15. The fourth-order valence-electron chi connectivity index (χ4n) is 2.01. The Morgan fingerprint density at radius 1 is 1.40 bits per heavy atom. The first-order valence-electron chi connectivity index (χ1n) is 6.22. The van der Waals surface area contributed by atoms with Crippen molar-refractivity contribution in [1.29, 1.82) is 0 Å². The lowest BCUT2D eigenvalue weighted by Gasteiger charge is -2.07. The highest BCUT2D eigenvalue weighted by Crippen LogP contribution is 2.14. The van der Waals surface area contributed by atoms with Crippen molar-refractivity contribution in [2.75, 3.05) is 7.11 Å². The Morgan fingerprint density at radius 2 is 2.15 bits per heavy atom. The van der Waals surface area contributed by atoms with E-state index in [9.17, 15) is 9.59 Å². The third-order valence-electron chi connectivity index (χ3n) is 3.16. The van der Waals surface area contributed by atoms with E-state index in [-0.39, 0.29) is 5.97 Å². The minimum atomic E-state index is -0.352. The average molecular weight is 272 g/mol. The van der Waals surface area contributed by atoms with Crippen molar-refractivity contribution >= 4 is 12.3 Å². The predicted octanol–water partition coefficient (Wildman–Crippen LogP) is 2.15. The highest BCUT2D eigenvalue weighted by Gasteiger charge is 2.11. The zero-order valence-corrected chi connectivity index (χ0v) is 11.7. The van der Waals surface area contributed by atoms with Crippen LogP contribution in [0.3, 0.4) is 0 Å². The fourth-order valence-corrected chi connectivity index (χ4v) is 2.01. The number of benzene rings is 1. The van der Waals surface area contributed by atoms with E-state index in [1.807, 2.05) is 19.1 Å². The third kappa shape index (κ3) is 2.77. The lowest BCUT2D eigenvalue weighted by atomic mass is 10.1. The number of hydrogen-bond donors (Lipinski definition) is 0. The molecule has 0 N–H and O–H groups in total. The normalized spacial score (nSPS) is 10.3. The van der Waals surface area contributed by atoms with Gasteiger partial charge in [-0.1, -0.05) is 12.1 Å². The van der Waals surface area contributed by atoms with Gasteiger partial charge >= 0.3 is 5.97 Å². The second-order valence-corrected chi connectivity index (χ2v) is 4.63. The number of nitrogens with zero attached hydrogens (tertiary/aromatic N) is 2. The Bertz CT molecular complexity index is 659. The van der Waals surface area contributed by atoms with Crippen LogP contribution in [0.25, 0.3) is 0 Å².